The first kappa shape index (κ1) is 37.4. The second kappa shape index (κ2) is 17.9. The third kappa shape index (κ3) is 11.6. The predicted octanol–water partition coefficient (Wildman–Crippen LogP) is 8.93. The Labute approximate surface area is 294 Å². The van der Waals surface area contributed by atoms with E-state index in [1.54, 1.807) is 19.3 Å². The van der Waals surface area contributed by atoms with Crippen LogP contribution in [-0.4, -0.2) is 45.4 Å². The van der Waals surface area contributed by atoms with Gasteiger partial charge in [-0.2, -0.15) is 0 Å². The normalized spacial score (nSPS) is 12.7. The summed E-state index contributed by atoms with van der Waals surface area (Å²) in [4.78, 5) is 48.8. The summed E-state index contributed by atoms with van der Waals surface area (Å²) in [7, 11) is 0. The Balaban J connectivity index is 1.40. The second-order valence-corrected chi connectivity index (χ2v) is 14.8. The highest BCUT2D eigenvalue weighted by molar-refractivity contribution is 7.14. The minimum absolute atomic E-state index is 0.0220. The molecule has 2 N–H and O–H groups in total. The van der Waals surface area contributed by atoms with Crippen molar-refractivity contribution in [3.8, 4) is 28.3 Å². The maximum absolute atomic E-state index is 13.3. The van der Waals surface area contributed by atoms with Crippen LogP contribution >= 0.6 is 11.3 Å². The maximum Gasteiger partial charge on any atom is 0.305 e. The Morgan fingerprint density at radius 3 is 2.10 bits per heavy atom. The molecular formula is C40H49N3O5S. The van der Waals surface area contributed by atoms with Crippen LogP contribution in [-0.2, 0) is 21.4 Å². The average Bonchev–Trinajstić information content (AvgIpc) is 3.58. The Kier molecular flexibility index (Phi) is 13.6. The van der Waals surface area contributed by atoms with E-state index in [0.717, 1.165) is 45.9 Å². The molecule has 0 saturated carbocycles. The van der Waals surface area contributed by atoms with Crippen LogP contribution in [0.25, 0.3) is 22.5 Å². The van der Waals surface area contributed by atoms with E-state index in [0.29, 0.717) is 17.1 Å². The van der Waals surface area contributed by atoms with Crippen molar-refractivity contribution in [2.75, 3.05) is 6.61 Å². The van der Waals surface area contributed by atoms with E-state index < -0.39 is 17.9 Å². The number of benzene rings is 2. The van der Waals surface area contributed by atoms with E-state index in [9.17, 15) is 14.4 Å². The van der Waals surface area contributed by atoms with Gasteiger partial charge in [0, 0.05) is 46.8 Å². The number of carbonyl (C=O) groups excluding carboxylic acids is 2. The molecular weight excluding hydrogens is 635 g/mol. The van der Waals surface area contributed by atoms with Gasteiger partial charge >= 0.3 is 5.97 Å². The number of nitrogens with zero attached hydrogens (tertiary/aromatic N) is 2. The van der Waals surface area contributed by atoms with Gasteiger partial charge in [0.05, 0.1) is 17.9 Å². The van der Waals surface area contributed by atoms with Gasteiger partial charge in [-0.25, -0.2) is 9.97 Å². The van der Waals surface area contributed by atoms with Crippen LogP contribution < -0.4 is 10.1 Å². The maximum atomic E-state index is 13.3. The molecule has 2 aromatic carbocycles. The van der Waals surface area contributed by atoms with E-state index in [4.69, 9.17) is 9.84 Å². The molecule has 1 amide bonds. The molecule has 0 unspecified atom stereocenters. The Bertz CT molecular complexity index is 1660. The van der Waals surface area contributed by atoms with Crippen molar-refractivity contribution in [3.05, 3.63) is 88.4 Å². The molecule has 2 atom stereocenters. The van der Waals surface area contributed by atoms with E-state index in [1.165, 1.54) is 37.0 Å². The lowest BCUT2D eigenvalue weighted by atomic mass is 9.92. The van der Waals surface area contributed by atoms with Gasteiger partial charge in [0.1, 0.15) is 5.75 Å². The lowest BCUT2D eigenvalue weighted by Gasteiger charge is -2.19. The Morgan fingerprint density at radius 2 is 1.49 bits per heavy atom. The zero-order chi connectivity index (χ0) is 35.4. The number of ketones is 1. The van der Waals surface area contributed by atoms with Gasteiger partial charge in [-0.05, 0) is 60.6 Å². The van der Waals surface area contributed by atoms with E-state index in [2.05, 4.69) is 43.0 Å². The second-order valence-electron chi connectivity index (χ2n) is 13.7. The molecule has 0 fully saturated rings. The topological polar surface area (TPSA) is 118 Å². The van der Waals surface area contributed by atoms with Gasteiger partial charge < -0.3 is 15.2 Å². The van der Waals surface area contributed by atoms with Crippen molar-refractivity contribution in [1.82, 2.24) is 15.3 Å². The molecule has 2 aromatic heterocycles. The number of aliphatic carboxylic acids is 1. The summed E-state index contributed by atoms with van der Waals surface area (Å²) < 4.78 is 5.89. The number of rotatable bonds is 18. The number of hydrogen-bond donors (Lipinski definition) is 2. The minimum Gasteiger partial charge on any atom is -0.494 e. The van der Waals surface area contributed by atoms with E-state index in [-0.39, 0.29) is 29.9 Å². The standard InChI is InChI=1S/C40H49N3O5S/c1-6-7-8-9-10-21-48-33-17-15-29(16-18-33)32-25-41-38(42-26-32)30-13-11-28(12-14-30)23-31(39(47)43-27(2)22-37(45)46)24-34(44)35-19-20-36(49-35)40(3,4)5/h11-20,25-27,31H,6-10,21-24H2,1-5H3,(H,43,47)(H,45,46)/t27-,31+/m0/s1. The highest BCUT2D eigenvalue weighted by Crippen LogP contribution is 2.31. The average molecular weight is 684 g/mol. The first-order valence-corrected chi connectivity index (χ1v) is 18.0. The predicted molar refractivity (Wildman–Crippen MR) is 196 cm³/mol. The van der Waals surface area contributed by atoms with Crippen molar-refractivity contribution >= 4 is 29.0 Å². The molecule has 49 heavy (non-hydrogen) atoms. The summed E-state index contributed by atoms with van der Waals surface area (Å²) in [6.07, 6.45) is 9.79. The smallest absolute Gasteiger partial charge is 0.305 e. The summed E-state index contributed by atoms with van der Waals surface area (Å²) in [5, 5.41) is 12.0. The molecule has 0 aliphatic heterocycles. The SMILES string of the molecule is CCCCCCCOc1ccc(-c2cnc(-c3ccc(C[C@H](CC(=O)c4ccc(C(C)(C)C)s4)C(=O)N[C@@H](C)CC(=O)O)cc3)nc2)cc1. The molecule has 2 heterocycles. The Morgan fingerprint density at radius 1 is 0.837 bits per heavy atom. The highest BCUT2D eigenvalue weighted by atomic mass is 32.1. The fraction of sp³-hybridized carbons (Fsp3) is 0.425. The number of ether oxygens (including phenoxy) is 1. The molecule has 0 radical (unpaired) electrons. The van der Waals surface area contributed by atoms with Crippen molar-refractivity contribution < 1.29 is 24.2 Å². The molecule has 9 heteroatoms. The fourth-order valence-corrected chi connectivity index (χ4v) is 6.50. The van der Waals surface area contributed by atoms with Crippen molar-refractivity contribution in [2.24, 2.45) is 5.92 Å². The van der Waals surface area contributed by atoms with Crippen molar-refractivity contribution in [1.29, 1.82) is 0 Å². The van der Waals surface area contributed by atoms with Crippen molar-refractivity contribution in [2.45, 2.75) is 97.4 Å². The lowest BCUT2D eigenvalue weighted by molar-refractivity contribution is -0.137. The number of carbonyl (C=O) groups is 3. The monoisotopic (exact) mass is 683 g/mol. The molecule has 4 aromatic rings. The minimum atomic E-state index is -0.995. The number of carboxylic acids is 1. The lowest BCUT2D eigenvalue weighted by Crippen LogP contribution is -2.39. The number of carboxylic acid groups (broad SMARTS) is 1. The van der Waals surface area contributed by atoms with Gasteiger partial charge in [-0.1, -0.05) is 89.8 Å². The number of aromatic nitrogens is 2. The molecule has 8 nitrogen and oxygen atoms in total. The van der Waals surface area contributed by atoms with Gasteiger partial charge in [-0.3, -0.25) is 14.4 Å². The third-order valence-electron chi connectivity index (χ3n) is 8.34. The Hall–Kier alpha value is -4.37. The van der Waals surface area contributed by atoms with Gasteiger partial charge in [0.15, 0.2) is 11.6 Å². The number of unbranched alkanes of at least 4 members (excludes halogenated alkanes) is 4. The van der Waals surface area contributed by atoms with E-state index in [1.807, 2.05) is 60.7 Å². The summed E-state index contributed by atoms with van der Waals surface area (Å²) in [6.45, 7) is 10.9. The van der Waals surface area contributed by atoms with Crippen LogP contribution in [0.4, 0.5) is 0 Å². The molecule has 0 aliphatic rings. The zero-order valence-corrected chi connectivity index (χ0v) is 30.1. The van der Waals surface area contributed by atoms with Crippen LogP contribution in [0.15, 0.2) is 73.1 Å². The van der Waals surface area contributed by atoms with E-state index >= 15 is 0 Å². The summed E-state index contributed by atoms with van der Waals surface area (Å²) in [5.74, 6) is -0.648. The number of nitrogens with one attached hydrogen (secondary N) is 1. The summed E-state index contributed by atoms with van der Waals surface area (Å²) >= 11 is 1.46. The molecule has 0 bridgehead atoms. The first-order valence-electron chi connectivity index (χ1n) is 17.2. The van der Waals surface area contributed by atoms with Crippen LogP contribution in [0.1, 0.15) is 99.7 Å². The van der Waals surface area contributed by atoms with Crippen LogP contribution in [0, 0.1) is 5.92 Å². The fourth-order valence-electron chi connectivity index (χ4n) is 5.49. The van der Waals surface area contributed by atoms with Gasteiger partial charge in [0.25, 0.3) is 0 Å². The largest absolute Gasteiger partial charge is 0.494 e. The van der Waals surface area contributed by atoms with Gasteiger partial charge in [0.2, 0.25) is 5.91 Å². The summed E-state index contributed by atoms with van der Waals surface area (Å²) in [5.41, 5.74) is 3.54. The van der Waals surface area contributed by atoms with Crippen LogP contribution in [0.3, 0.4) is 0 Å². The molecule has 0 spiro atoms. The molecule has 0 aliphatic carbocycles. The quantitative estimate of drug-likeness (QED) is 0.0794. The first-order chi connectivity index (χ1) is 23.4. The highest BCUT2D eigenvalue weighted by Gasteiger charge is 2.26. The summed E-state index contributed by atoms with van der Waals surface area (Å²) in [6, 6.07) is 18.9. The van der Waals surface area contributed by atoms with Crippen LogP contribution in [0.2, 0.25) is 0 Å². The third-order valence-corrected chi connectivity index (χ3v) is 9.89. The molecule has 4 rings (SSSR count). The number of thiophene rings is 1. The number of hydrogen-bond acceptors (Lipinski definition) is 7. The zero-order valence-electron chi connectivity index (χ0n) is 29.3. The number of Topliss-reactive ketones (excluding diaryl/α,β-unsaturated/α-hetero) is 1. The molecule has 260 valence electrons. The van der Waals surface area contributed by atoms with Crippen LogP contribution in [0.5, 0.6) is 5.75 Å². The number of amides is 1. The molecule has 0 saturated heterocycles. The van der Waals surface area contributed by atoms with Crippen molar-refractivity contribution in [3.63, 3.8) is 0 Å². The van der Waals surface area contributed by atoms with Gasteiger partial charge in [-0.15, -0.1) is 11.3 Å².